The number of anilines is 1. The van der Waals surface area contributed by atoms with Gasteiger partial charge in [-0.05, 0) is 25.0 Å². The molecule has 1 aliphatic rings. The molecule has 86 valence electrons. The number of rotatable bonds is 1. The summed E-state index contributed by atoms with van der Waals surface area (Å²) in [5, 5.41) is 0. The lowest BCUT2D eigenvalue weighted by atomic mass is 10.1. The van der Waals surface area contributed by atoms with Crippen LogP contribution in [-0.4, -0.2) is 18.5 Å². The Morgan fingerprint density at radius 1 is 1.44 bits per heavy atom. The minimum absolute atomic E-state index is 0.273. The second-order valence-electron chi connectivity index (χ2n) is 3.92. The number of carbonyl (C=O) groups excluding carboxylic acids is 1. The van der Waals surface area contributed by atoms with Crippen LogP contribution in [0.4, 0.5) is 14.5 Å². The van der Waals surface area contributed by atoms with Gasteiger partial charge in [-0.2, -0.15) is 0 Å². The molecule has 0 saturated carbocycles. The maximum atomic E-state index is 13.1. The van der Waals surface area contributed by atoms with E-state index in [2.05, 4.69) is 0 Å². The molecule has 0 spiro atoms. The Balaban J connectivity index is 2.40. The minimum atomic E-state index is -0.942. The van der Waals surface area contributed by atoms with Crippen molar-refractivity contribution in [1.29, 1.82) is 0 Å². The van der Waals surface area contributed by atoms with Crippen molar-refractivity contribution < 1.29 is 13.6 Å². The third-order valence-corrected chi connectivity index (χ3v) is 2.67. The first-order valence-electron chi connectivity index (χ1n) is 5.05. The van der Waals surface area contributed by atoms with Gasteiger partial charge >= 0.3 is 0 Å². The number of benzene rings is 1. The normalized spacial score (nSPS) is 16.1. The molecule has 1 heterocycles. The Labute approximate surface area is 91.8 Å². The first-order valence-corrected chi connectivity index (χ1v) is 5.05. The smallest absolute Gasteiger partial charge is 0.243 e. The molecule has 1 aromatic carbocycles. The summed E-state index contributed by atoms with van der Waals surface area (Å²) >= 11 is 0. The Morgan fingerprint density at radius 2 is 2.06 bits per heavy atom. The Bertz CT molecular complexity index is 446. The topological polar surface area (TPSA) is 46.3 Å². The van der Waals surface area contributed by atoms with E-state index >= 15 is 0 Å². The minimum Gasteiger partial charge on any atom is -0.320 e. The van der Waals surface area contributed by atoms with E-state index in [1.165, 1.54) is 4.90 Å². The summed E-state index contributed by atoms with van der Waals surface area (Å²) < 4.78 is 26.0. The van der Waals surface area contributed by atoms with Crippen LogP contribution < -0.4 is 10.6 Å². The third-order valence-electron chi connectivity index (χ3n) is 2.67. The van der Waals surface area contributed by atoms with Crippen LogP contribution in [0.1, 0.15) is 12.5 Å². The van der Waals surface area contributed by atoms with E-state index in [1.807, 2.05) is 0 Å². The van der Waals surface area contributed by atoms with E-state index < -0.39 is 17.7 Å². The summed E-state index contributed by atoms with van der Waals surface area (Å²) in [6.07, 6.45) is 0.533. The van der Waals surface area contributed by atoms with E-state index in [0.717, 1.165) is 12.1 Å². The quantitative estimate of drug-likeness (QED) is 0.782. The third kappa shape index (κ3) is 1.67. The lowest BCUT2D eigenvalue weighted by molar-refractivity contribution is -0.119. The molecule has 0 unspecified atom stereocenters. The van der Waals surface area contributed by atoms with Gasteiger partial charge in [0.1, 0.15) is 0 Å². The summed E-state index contributed by atoms with van der Waals surface area (Å²) in [5.41, 5.74) is 6.56. The number of nitrogens with zero attached hydrogens (tertiary/aromatic N) is 1. The highest BCUT2D eigenvalue weighted by atomic mass is 19.2. The second-order valence-corrected chi connectivity index (χ2v) is 3.92. The number of halogens is 2. The maximum Gasteiger partial charge on any atom is 0.243 e. The van der Waals surface area contributed by atoms with Crippen LogP contribution in [-0.2, 0) is 11.2 Å². The number of hydrogen-bond donors (Lipinski definition) is 1. The lowest BCUT2D eigenvalue weighted by Crippen LogP contribution is -2.41. The zero-order valence-corrected chi connectivity index (χ0v) is 8.84. The molecule has 16 heavy (non-hydrogen) atoms. The fraction of sp³-hybridized carbons (Fsp3) is 0.364. The molecule has 3 nitrogen and oxygen atoms in total. The molecule has 0 bridgehead atoms. The van der Waals surface area contributed by atoms with Crippen LogP contribution in [0.5, 0.6) is 0 Å². The Hall–Kier alpha value is -1.49. The van der Waals surface area contributed by atoms with Crippen molar-refractivity contribution in [3.05, 3.63) is 29.3 Å². The van der Waals surface area contributed by atoms with Crippen LogP contribution in [0.15, 0.2) is 12.1 Å². The van der Waals surface area contributed by atoms with Gasteiger partial charge in [0, 0.05) is 12.6 Å². The lowest BCUT2D eigenvalue weighted by Gasteiger charge is -2.19. The Morgan fingerprint density at radius 3 is 2.69 bits per heavy atom. The van der Waals surface area contributed by atoms with Crippen LogP contribution in [0, 0.1) is 11.6 Å². The molecule has 0 saturated heterocycles. The van der Waals surface area contributed by atoms with Crippen molar-refractivity contribution >= 4 is 11.6 Å². The van der Waals surface area contributed by atoms with Gasteiger partial charge in [0.2, 0.25) is 5.91 Å². The zero-order chi connectivity index (χ0) is 11.9. The van der Waals surface area contributed by atoms with Crippen molar-refractivity contribution in [2.45, 2.75) is 19.4 Å². The molecule has 2 N–H and O–H groups in total. The summed E-state index contributed by atoms with van der Waals surface area (Å²) in [4.78, 5) is 13.1. The highest BCUT2D eigenvalue weighted by Gasteiger charge is 2.27. The Kier molecular flexibility index (Phi) is 2.63. The zero-order valence-electron chi connectivity index (χ0n) is 8.84. The summed E-state index contributed by atoms with van der Waals surface area (Å²) in [6.45, 7) is 2.00. The highest BCUT2D eigenvalue weighted by Crippen LogP contribution is 2.30. The SMILES string of the molecule is C[C@@H](N)C(=O)N1CCc2cc(F)c(F)cc21. The molecular formula is C11H12F2N2O. The van der Waals surface area contributed by atoms with Crippen molar-refractivity contribution in [2.24, 2.45) is 5.73 Å². The van der Waals surface area contributed by atoms with Gasteiger partial charge in [-0.1, -0.05) is 0 Å². The van der Waals surface area contributed by atoms with Crippen LogP contribution in [0.2, 0.25) is 0 Å². The molecule has 0 radical (unpaired) electrons. The maximum absolute atomic E-state index is 13.1. The van der Waals surface area contributed by atoms with Crippen LogP contribution in [0.3, 0.4) is 0 Å². The van der Waals surface area contributed by atoms with Gasteiger partial charge in [-0.15, -0.1) is 0 Å². The fourth-order valence-corrected chi connectivity index (χ4v) is 1.86. The molecule has 0 aromatic heterocycles. The average Bonchev–Trinajstić information content (AvgIpc) is 2.60. The summed E-state index contributed by atoms with van der Waals surface area (Å²) in [7, 11) is 0. The fourth-order valence-electron chi connectivity index (χ4n) is 1.86. The van der Waals surface area contributed by atoms with E-state index in [1.54, 1.807) is 6.92 Å². The van der Waals surface area contributed by atoms with Gasteiger partial charge in [-0.3, -0.25) is 4.79 Å². The number of amides is 1. The molecule has 5 heteroatoms. The summed E-state index contributed by atoms with van der Waals surface area (Å²) in [5.74, 6) is -2.10. The predicted molar refractivity (Wildman–Crippen MR) is 56.1 cm³/mol. The first kappa shape index (κ1) is 11.0. The highest BCUT2D eigenvalue weighted by molar-refractivity contribution is 5.98. The van der Waals surface area contributed by atoms with E-state index in [4.69, 9.17) is 5.73 Å². The van der Waals surface area contributed by atoms with Gasteiger partial charge < -0.3 is 10.6 Å². The molecule has 1 amide bonds. The molecule has 1 aromatic rings. The van der Waals surface area contributed by atoms with E-state index in [0.29, 0.717) is 24.2 Å². The van der Waals surface area contributed by atoms with Gasteiger partial charge in [0.15, 0.2) is 11.6 Å². The predicted octanol–water partition coefficient (Wildman–Crippen LogP) is 1.20. The van der Waals surface area contributed by atoms with Crippen molar-refractivity contribution in [1.82, 2.24) is 0 Å². The van der Waals surface area contributed by atoms with Crippen LogP contribution in [0.25, 0.3) is 0 Å². The van der Waals surface area contributed by atoms with Crippen molar-refractivity contribution in [2.75, 3.05) is 11.4 Å². The molecule has 0 aliphatic carbocycles. The number of nitrogens with two attached hydrogens (primary N) is 1. The van der Waals surface area contributed by atoms with Crippen molar-refractivity contribution in [3.8, 4) is 0 Å². The standard InChI is InChI=1S/C11H12F2N2O/c1-6(14)11(16)15-3-2-7-4-8(12)9(13)5-10(7)15/h4-6H,2-3,14H2,1H3/t6-/m1/s1. The first-order chi connectivity index (χ1) is 7.50. The molecule has 0 fully saturated rings. The van der Waals surface area contributed by atoms with Gasteiger partial charge in [-0.25, -0.2) is 8.78 Å². The summed E-state index contributed by atoms with van der Waals surface area (Å²) in [6, 6.07) is 1.55. The molecule has 1 aliphatic heterocycles. The second kappa shape index (κ2) is 3.83. The molecule has 2 rings (SSSR count). The number of carbonyl (C=O) groups is 1. The van der Waals surface area contributed by atoms with Crippen LogP contribution >= 0.6 is 0 Å². The number of fused-ring (bicyclic) bond motifs is 1. The van der Waals surface area contributed by atoms with Gasteiger partial charge in [0.25, 0.3) is 0 Å². The van der Waals surface area contributed by atoms with E-state index in [9.17, 15) is 13.6 Å². The van der Waals surface area contributed by atoms with Gasteiger partial charge in [0.05, 0.1) is 11.7 Å². The van der Waals surface area contributed by atoms with E-state index in [-0.39, 0.29) is 5.91 Å². The number of hydrogen-bond acceptors (Lipinski definition) is 2. The molecule has 1 atom stereocenters. The van der Waals surface area contributed by atoms with Crippen molar-refractivity contribution in [3.63, 3.8) is 0 Å². The largest absolute Gasteiger partial charge is 0.320 e. The average molecular weight is 226 g/mol. The molecular weight excluding hydrogens is 214 g/mol. The monoisotopic (exact) mass is 226 g/mol.